The Morgan fingerprint density at radius 2 is 1.84 bits per heavy atom. The highest BCUT2D eigenvalue weighted by Crippen LogP contribution is 2.30. The van der Waals surface area contributed by atoms with E-state index in [-0.39, 0.29) is 30.0 Å². The molecule has 3 N–H and O–H groups in total. The first-order valence-corrected chi connectivity index (χ1v) is 8.22. The summed E-state index contributed by atoms with van der Waals surface area (Å²) in [7, 11) is 0. The van der Waals surface area contributed by atoms with Crippen molar-refractivity contribution in [2.24, 2.45) is 5.92 Å². The number of carbonyl (C=O) groups is 2. The second-order valence-corrected chi connectivity index (χ2v) is 6.17. The summed E-state index contributed by atoms with van der Waals surface area (Å²) in [5.41, 5.74) is 2.54. The van der Waals surface area contributed by atoms with Crippen molar-refractivity contribution in [3.05, 3.63) is 53.8 Å². The molecular formula is C19H20FN3O2. The Kier molecular flexibility index (Phi) is 4.97. The zero-order valence-corrected chi connectivity index (χ0v) is 13.9. The van der Waals surface area contributed by atoms with Crippen molar-refractivity contribution in [1.82, 2.24) is 0 Å². The Hall–Kier alpha value is -2.89. The van der Waals surface area contributed by atoms with Gasteiger partial charge in [-0.25, -0.2) is 4.39 Å². The van der Waals surface area contributed by atoms with Gasteiger partial charge >= 0.3 is 0 Å². The molecule has 6 heteroatoms. The fourth-order valence-electron chi connectivity index (χ4n) is 2.41. The second-order valence-electron chi connectivity index (χ2n) is 6.17. The molecule has 2 amide bonds. The summed E-state index contributed by atoms with van der Waals surface area (Å²) in [5.74, 6) is -0.662. The van der Waals surface area contributed by atoms with Gasteiger partial charge in [-0.1, -0.05) is 18.2 Å². The molecule has 5 nitrogen and oxygen atoms in total. The van der Waals surface area contributed by atoms with Crippen molar-refractivity contribution in [2.75, 3.05) is 22.5 Å². The predicted octanol–water partition coefficient (Wildman–Crippen LogP) is 3.53. The number of carbonyl (C=O) groups excluding carboxylic acids is 2. The summed E-state index contributed by atoms with van der Waals surface area (Å²) in [4.78, 5) is 23.8. The lowest BCUT2D eigenvalue weighted by molar-refractivity contribution is -0.117. The van der Waals surface area contributed by atoms with Gasteiger partial charge in [-0.05, 0) is 49.6 Å². The monoisotopic (exact) mass is 341 g/mol. The van der Waals surface area contributed by atoms with Crippen LogP contribution in [0.1, 0.15) is 18.4 Å². The molecule has 1 saturated carbocycles. The van der Waals surface area contributed by atoms with Gasteiger partial charge in [-0.15, -0.1) is 0 Å². The molecule has 0 bridgehead atoms. The maximum absolute atomic E-state index is 13.5. The van der Waals surface area contributed by atoms with E-state index >= 15 is 0 Å². The molecule has 0 saturated heterocycles. The fraction of sp³-hybridized carbons (Fsp3) is 0.263. The zero-order valence-electron chi connectivity index (χ0n) is 13.9. The van der Waals surface area contributed by atoms with E-state index in [1.54, 1.807) is 18.2 Å². The minimum atomic E-state index is -0.475. The third-order valence-electron chi connectivity index (χ3n) is 4.04. The molecule has 130 valence electrons. The molecule has 2 aromatic rings. The van der Waals surface area contributed by atoms with Crippen LogP contribution in [-0.2, 0) is 9.59 Å². The number of anilines is 3. The van der Waals surface area contributed by atoms with E-state index in [0.717, 1.165) is 24.1 Å². The minimum Gasteiger partial charge on any atom is -0.376 e. The second kappa shape index (κ2) is 7.34. The lowest BCUT2D eigenvalue weighted by atomic mass is 10.1. The largest absolute Gasteiger partial charge is 0.376 e. The molecule has 1 fully saturated rings. The summed E-state index contributed by atoms with van der Waals surface area (Å²) in [6.45, 7) is 1.90. The zero-order chi connectivity index (χ0) is 17.8. The van der Waals surface area contributed by atoms with Crippen molar-refractivity contribution in [3.8, 4) is 0 Å². The van der Waals surface area contributed by atoms with Crippen molar-refractivity contribution >= 4 is 28.9 Å². The first kappa shape index (κ1) is 17.0. The molecule has 0 heterocycles. The Bertz CT molecular complexity index is 803. The summed E-state index contributed by atoms with van der Waals surface area (Å²) < 4.78 is 13.5. The number of benzene rings is 2. The molecule has 0 aromatic heterocycles. The summed E-state index contributed by atoms with van der Waals surface area (Å²) in [5, 5.41) is 8.43. The molecule has 0 unspecified atom stereocenters. The minimum absolute atomic E-state index is 0.00476. The highest BCUT2D eigenvalue weighted by atomic mass is 19.1. The van der Waals surface area contributed by atoms with Gasteiger partial charge in [0.1, 0.15) is 5.82 Å². The summed E-state index contributed by atoms with van der Waals surface area (Å²) in [6, 6.07) is 11.5. The van der Waals surface area contributed by atoms with Crippen LogP contribution < -0.4 is 16.0 Å². The Balaban J connectivity index is 1.59. The predicted molar refractivity (Wildman–Crippen MR) is 96.1 cm³/mol. The van der Waals surface area contributed by atoms with Crippen LogP contribution in [0, 0.1) is 18.7 Å². The van der Waals surface area contributed by atoms with Crippen molar-refractivity contribution < 1.29 is 14.0 Å². The van der Waals surface area contributed by atoms with E-state index in [0.29, 0.717) is 5.69 Å². The number of aryl methyl sites for hydroxylation is 1. The number of halogens is 1. The maximum Gasteiger partial charge on any atom is 0.243 e. The fourth-order valence-corrected chi connectivity index (χ4v) is 2.41. The Morgan fingerprint density at radius 3 is 2.56 bits per heavy atom. The van der Waals surface area contributed by atoms with Gasteiger partial charge < -0.3 is 16.0 Å². The molecular weight excluding hydrogens is 321 g/mol. The van der Waals surface area contributed by atoms with Crippen molar-refractivity contribution in [3.63, 3.8) is 0 Å². The van der Waals surface area contributed by atoms with Crippen LogP contribution in [0.3, 0.4) is 0 Å². The number of hydrogen-bond acceptors (Lipinski definition) is 3. The SMILES string of the molecule is Cc1ccc(NC(=O)C2CC2)cc1NCC(=O)Nc1ccccc1F. The molecule has 25 heavy (non-hydrogen) atoms. The number of nitrogens with one attached hydrogen (secondary N) is 3. The van der Waals surface area contributed by atoms with Crippen LogP contribution in [0.25, 0.3) is 0 Å². The first-order valence-electron chi connectivity index (χ1n) is 8.22. The van der Waals surface area contributed by atoms with Gasteiger partial charge in [0.25, 0.3) is 0 Å². The smallest absolute Gasteiger partial charge is 0.243 e. The van der Waals surface area contributed by atoms with Gasteiger partial charge in [0, 0.05) is 17.3 Å². The highest BCUT2D eigenvalue weighted by molar-refractivity contribution is 5.95. The summed E-state index contributed by atoms with van der Waals surface area (Å²) >= 11 is 0. The van der Waals surface area contributed by atoms with E-state index in [1.165, 1.54) is 12.1 Å². The molecule has 1 aliphatic rings. The topological polar surface area (TPSA) is 70.2 Å². The van der Waals surface area contributed by atoms with E-state index < -0.39 is 5.82 Å². The van der Waals surface area contributed by atoms with E-state index in [9.17, 15) is 14.0 Å². The normalized spacial score (nSPS) is 13.2. The highest BCUT2D eigenvalue weighted by Gasteiger charge is 2.29. The molecule has 0 atom stereocenters. The number of rotatable bonds is 6. The van der Waals surface area contributed by atoms with Crippen molar-refractivity contribution in [1.29, 1.82) is 0 Å². The first-order chi connectivity index (χ1) is 12.0. The Morgan fingerprint density at radius 1 is 1.08 bits per heavy atom. The quantitative estimate of drug-likeness (QED) is 0.753. The summed E-state index contributed by atoms with van der Waals surface area (Å²) in [6.07, 6.45) is 1.89. The van der Waals surface area contributed by atoms with Gasteiger partial charge in [-0.3, -0.25) is 9.59 Å². The van der Waals surface area contributed by atoms with Gasteiger partial charge in [-0.2, -0.15) is 0 Å². The van der Waals surface area contributed by atoms with Crippen LogP contribution in [0.2, 0.25) is 0 Å². The molecule has 3 rings (SSSR count). The molecule has 1 aliphatic carbocycles. The number of hydrogen-bond donors (Lipinski definition) is 3. The molecule has 2 aromatic carbocycles. The van der Waals surface area contributed by atoms with E-state index in [2.05, 4.69) is 16.0 Å². The van der Waals surface area contributed by atoms with Gasteiger partial charge in [0.2, 0.25) is 11.8 Å². The van der Waals surface area contributed by atoms with Crippen LogP contribution in [0.4, 0.5) is 21.5 Å². The van der Waals surface area contributed by atoms with E-state index in [1.807, 2.05) is 19.1 Å². The Labute approximate surface area is 145 Å². The molecule has 0 aliphatic heterocycles. The van der Waals surface area contributed by atoms with Crippen molar-refractivity contribution in [2.45, 2.75) is 19.8 Å². The van der Waals surface area contributed by atoms with Crippen LogP contribution in [0.5, 0.6) is 0 Å². The van der Waals surface area contributed by atoms with Gasteiger partial charge in [0.15, 0.2) is 0 Å². The third kappa shape index (κ3) is 4.56. The number of amides is 2. The molecule has 0 spiro atoms. The maximum atomic E-state index is 13.5. The molecule has 0 radical (unpaired) electrons. The average Bonchev–Trinajstić information content (AvgIpc) is 3.42. The van der Waals surface area contributed by atoms with Crippen LogP contribution in [0.15, 0.2) is 42.5 Å². The lowest BCUT2D eigenvalue weighted by Crippen LogP contribution is -2.22. The average molecular weight is 341 g/mol. The third-order valence-corrected chi connectivity index (χ3v) is 4.04. The number of para-hydroxylation sites is 1. The lowest BCUT2D eigenvalue weighted by Gasteiger charge is -2.13. The van der Waals surface area contributed by atoms with E-state index in [4.69, 9.17) is 0 Å². The van der Waals surface area contributed by atoms with Crippen LogP contribution in [-0.4, -0.2) is 18.4 Å². The van der Waals surface area contributed by atoms with Crippen LogP contribution >= 0.6 is 0 Å². The van der Waals surface area contributed by atoms with Gasteiger partial charge in [0.05, 0.1) is 12.2 Å². The standard InChI is InChI=1S/C19H20FN3O2/c1-12-6-9-14(22-19(25)13-7-8-13)10-17(12)21-11-18(24)23-16-5-3-2-4-15(16)20/h2-6,9-10,13,21H,7-8,11H2,1H3,(H,22,25)(H,23,24).